The fourth-order valence-electron chi connectivity index (χ4n) is 1.62. The lowest BCUT2D eigenvalue weighted by molar-refractivity contribution is -0.115. The average molecular weight is 295 g/mol. The van der Waals surface area contributed by atoms with Gasteiger partial charge in [-0.15, -0.1) is 11.3 Å². The number of carbonyl (C=O) groups excluding carboxylic acids is 1. The molecule has 2 aromatic rings. The van der Waals surface area contributed by atoms with E-state index in [1.54, 1.807) is 35.6 Å². The van der Waals surface area contributed by atoms with E-state index in [4.69, 9.17) is 11.6 Å². The van der Waals surface area contributed by atoms with E-state index < -0.39 is 0 Å². The third kappa shape index (κ3) is 4.35. The molecule has 0 radical (unpaired) electrons. The summed E-state index contributed by atoms with van der Waals surface area (Å²) in [5, 5.41) is 8.69. The Morgan fingerprint density at radius 2 is 2.05 bits per heavy atom. The van der Waals surface area contributed by atoms with Crippen LogP contribution in [-0.2, 0) is 4.79 Å². The standard InChI is InChI=1S/C14H15ClN2OS/c1-10(13-3-2-8-19-13)16-9-14(18)17-12-6-4-11(15)5-7-12/h2-8,10,16H,9H2,1H3,(H,17,18)/t10-/m0/s1. The van der Waals surface area contributed by atoms with Crippen molar-refractivity contribution >= 4 is 34.5 Å². The van der Waals surface area contributed by atoms with Gasteiger partial charge in [0.2, 0.25) is 5.91 Å². The Kier molecular flexibility index (Phi) is 4.96. The molecule has 1 heterocycles. The monoisotopic (exact) mass is 294 g/mol. The quantitative estimate of drug-likeness (QED) is 0.883. The van der Waals surface area contributed by atoms with Gasteiger partial charge in [-0.3, -0.25) is 4.79 Å². The van der Waals surface area contributed by atoms with Gasteiger partial charge in [0.15, 0.2) is 0 Å². The first kappa shape index (κ1) is 14.1. The zero-order valence-electron chi connectivity index (χ0n) is 10.5. The Morgan fingerprint density at radius 1 is 1.32 bits per heavy atom. The van der Waals surface area contributed by atoms with E-state index in [2.05, 4.69) is 16.7 Å². The van der Waals surface area contributed by atoms with E-state index >= 15 is 0 Å². The Hall–Kier alpha value is -1.36. The molecule has 0 aliphatic carbocycles. The van der Waals surface area contributed by atoms with Crippen LogP contribution >= 0.6 is 22.9 Å². The lowest BCUT2D eigenvalue weighted by atomic mass is 10.2. The van der Waals surface area contributed by atoms with Gasteiger partial charge in [0, 0.05) is 21.6 Å². The molecule has 0 spiro atoms. The number of carbonyl (C=O) groups is 1. The molecule has 1 atom stereocenters. The third-order valence-electron chi connectivity index (χ3n) is 2.67. The van der Waals surface area contributed by atoms with Crippen molar-refractivity contribution in [1.82, 2.24) is 5.32 Å². The molecular weight excluding hydrogens is 280 g/mol. The average Bonchev–Trinajstić information content (AvgIpc) is 2.93. The molecule has 0 saturated carbocycles. The lowest BCUT2D eigenvalue weighted by Gasteiger charge is -2.12. The number of halogens is 1. The van der Waals surface area contributed by atoms with Gasteiger partial charge >= 0.3 is 0 Å². The molecule has 3 nitrogen and oxygen atoms in total. The van der Waals surface area contributed by atoms with Crippen molar-refractivity contribution in [2.75, 3.05) is 11.9 Å². The molecule has 0 saturated heterocycles. The summed E-state index contributed by atoms with van der Waals surface area (Å²) in [5.74, 6) is -0.0641. The minimum absolute atomic E-state index is 0.0641. The second-order valence-corrected chi connectivity index (χ2v) is 5.59. The number of amides is 1. The van der Waals surface area contributed by atoms with Gasteiger partial charge in [-0.05, 0) is 42.6 Å². The topological polar surface area (TPSA) is 41.1 Å². The van der Waals surface area contributed by atoms with E-state index in [9.17, 15) is 4.79 Å². The minimum Gasteiger partial charge on any atom is -0.325 e. The number of benzene rings is 1. The van der Waals surface area contributed by atoms with Crippen LogP contribution in [0.2, 0.25) is 5.02 Å². The number of hydrogen-bond donors (Lipinski definition) is 2. The van der Waals surface area contributed by atoms with Crippen LogP contribution in [0.4, 0.5) is 5.69 Å². The van der Waals surface area contributed by atoms with Crippen molar-refractivity contribution in [1.29, 1.82) is 0 Å². The fourth-order valence-corrected chi connectivity index (χ4v) is 2.51. The van der Waals surface area contributed by atoms with Gasteiger partial charge in [-0.1, -0.05) is 17.7 Å². The number of anilines is 1. The van der Waals surface area contributed by atoms with Crippen LogP contribution in [0, 0.1) is 0 Å². The molecule has 5 heteroatoms. The lowest BCUT2D eigenvalue weighted by Crippen LogP contribution is -2.29. The number of thiophene rings is 1. The highest BCUT2D eigenvalue weighted by Crippen LogP contribution is 2.18. The molecule has 1 aromatic carbocycles. The largest absolute Gasteiger partial charge is 0.325 e. The van der Waals surface area contributed by atoms with Gasteiger partial charge in [0.25, 0.3) is 0 Å². The summed E-state index contributed by atoms with van der Waals surface area (Å²) in [7, 11) is 0. The maximum atomic E-state index is 11.8. The van der Waals surface area contributed by atoms with Gasteiger partial charge in [0.1, 0.15) is 0 Å². The third-order valence-corrected chi connectivity index (χ3v) is 3.97. The Morgan fingerprint density at radius 3 is 2.68 bits per heavy atom. The summed E-state index contributed by atoms with van der Waals surface area (Å²) in [6, 6.07) is 11.3. The van der Waals surface area contributed by atoms with Crippen molar-refractivity contribution in [3.05, 3.63) is 51.7 Å². The molecule has 0 unspecified atom stereocenters. The highest BCUT2D eigenvalue weighted by atomic mass is 35.5. The predicted molar refractivity (Wildman–Crippen MR) is 80.8 cm³/mol. The van der Waals surface area contributed by atoms with Crippen molar-refractivity contribution in [2.45, 2.75) is 13.0 Å². The van der Waals surface area contributed by atoms with E-state index in [0.717, 1.165) is 5.69 Å². The molecule has 0 bridgehead atoms. The van der Waals surface area contributed by atoms with Gasteiger partial charge in [-0.25, -0.2) is 0 Å². The highest BCUT2D eigenvalue weighted by molar-refractivity contribution is 7.10. The van der Waals surface area contributed by atoms with Crippen molar-refractivity contribution in [3.63, 3.8) is 0 Å². The molecule has 2 rings (SSSR count). The van der Waals surface area contributed by atoms with Crippen LogP contribution in [0.25, 0.3) is 0 Å². The first-order valence-electron chi connectivity index (χ1n) is 5.97. The molecule has 0 aliphatic heterocycles. The Labute approximate surface area is 121 Å². The van der Waals surface area contributed by atoms with Gasteiger partial charge in [-0.2, -0.15) is 0 Å². The fraction of sp³-hybridized carbons (Fsp3) is 0.214. The van der Waals surface area contributed by atoms with Crippen LogP contribution in [0.1, 0.15) is 17.8 Å². The zero-order chi connectivity index (χ0) is 13.7. The smallest absolute Gasteiger partial charge is 0.238 e. The van der Waals surface area contributed by atoms with E-state index in [0.29, 0.717) is 5.02 Å². The first-order valence-corrected chi connectivity index (χ1v) is 7.23. The maximum absolute atomic E-state index is 11.8. The summed E-state index contributed by atoms with van der Waals surface area (Å²) in [5.41, 5.74) is 0.750. The Bertz CT molecular complexity index is 525. The van der Waals surface area contributed by atoms with Crippen molar-refractivity contribution in [3.8, 4) is 0 Å². The molecule has 0 aliphatic rings. The molecule has 1 aromatic heterocycles. The SMILES string of the molecule is C[C@H](NCC(=O)Nc1ccc(Cl)cc1)c1cccs1. The summed E-state index contributed by atoms with van der Waals surface area (Å²) in [6.45, 7) is 2.32. The maximum Gasteiger partial charge on any atom is 0.238 e. The minimum atomic E-state index is -0.0641. The molecule has 19 heavy (non-hydrogen) atoms. The molecule has 100 valence electrons. The second-order valence-electron chi connectivity index (χ2n) is 4.17. The van der Waals surface area contributed by atoms with Gasteiger partial charge < -0.3 is 10.6 Å². The van der Waals surface area contributed by atoms with Crippen LogP contribution in [0.15, 0.2) is 41.8 Å². The van der Waals surface area contributed by atoms with E-state index in [1.807, 2.05) is 18.4 Å². The first-order chi connectivity index (χ1) is 9.15. The highest BCUT2D eigenvalue weighted by Gasteiger charge is 2.08. The van der Waals surface area contributed by atoms with Crippen LogP contribution in [0.3, 0.4) is 0 Å². The van der Waals surface area contributed by atoms with Crippen LogP contribution < -0.4 is 10.6 Å². The van der Waals surface area contributed by atoms with E-state index in [-0.39, 0.29) is 18.5 Å². The van der Waals surface area contributed by atoms with Crippen molar-refractivity contribution < 1.29 is 4.79 Å². The summed E-state index contributed by atoms with van der Waals surface area (Å²) >= 11 is 7.46. The summed E-state index contributed by atoms with van der Waals surface area (Å²) in [4.78, 5) is 13.0. The van der Waals surface area contributed by atoms with E-state index in [1.165, 1.54) is 4.88 Å². The summed E-state index contributed by atoms with van der Waals surface area (Å²) < 4.78 is 0. The van der Waals surface area contributed by atoms with Crippen LogP contribution in [0.5, 0.6) is 0 Å². The number of rotatable bonds is 5. The van der Waals surface area contributed by atoms with Crippen LogP contribution in [-0.4, -0.2) is 12.5 Å². The molecular formula is C14H15ClN2OS. The second kappa shape index (κ2) is 6.70. The van der Waals surface area contributed by atoms with Gasteiger partial charge in [0.05, 0.1) is 6.54 Å². The predicted octanol–water partition coefficient (Wildman–Crippen LogP) is 3.69. The number of hydrogen-bond acceptors (Lipinski definition) is 3. The molecule has 0 fully saturated rings. The number of nitrogens with one attached hydrogen (secondary N) is 2. The normalized spacial score (nSPS) is 12.1. The molecule has 2 N–H and O–H groups in total. The Balaban J connectivity index is 1.80. The molecule has 1 amide bonds. The zero-order valence-corrected chi connectivity index (χ0v) is 12.1. The van der Waals surface area contributed by atoms with Crippen molar-refractivity contribution in [2.24, 2.45) is 0 Å². The summed E-state index contributed by atoms with van der Waals surface area (Å²) in [6.07, 6.45) is 0.